The van der Waals surface area contributed by atoms with Crippen LogP contribution in [0, 0.1) is 0 Å². The number of amides is 2. The van der Waals surface area contributed by atoms with Crippen molar-refractivity contribution >= 4 is 39.1 Å². The molecule has 7 nitrogen and oxygen atoms in total. The number of hydrogen-bond acceptors (Lipinski definition) is 6. The van der Waals surface area contributed by atoms with E-state index in [9.17, 15) is 18.0 Å². The maximum Gasteiger partial charge on any atom is 0.227 e. The largest absolute Gasteiger partial charge is 0.340 e. The Hall–Kier alpha value is -1.58. The molecule has 0 aromatic heterocycles. The molecular formula is C19H27N3O4S2. The van der Waals surface area contributed by atoms with Crippen LogP contribution in [0.15, 0.2) is 29.2 Å². The van der Waals surface area contributed by atoms with Crippen LogP contribution in [-0.4, -0.2) is 87.1 Å². The van der Waals surface area contributed by atoms with Gasteiger partial charge in [0.05, 0.1) is 11.4 Å². The molecule has 9 heteroatoms. The number of hydrogen-bond donors (Lipinski definition) is 0. The Morgan fingerprint density at radius 2 is 1.68 bits per heavy atom. The van der Waals surface area contributed by atoms with E-state index >= 15 is 0 Å². The number of sulfone groups is 1. The summed E-state index contributed by atoms with van der Waals surface area (Å²) in [5, 5.41) is 0. The van der Waals surface area contributed by atoms with Crippen LogP contribution in [0.2, 0.25) is 0 Å². The second-order valence-corrected chi connectivity index (χ2v) is 10.6. The highest BCUT2D eigenvalue weighted by molar-refractivity contribution is 7.99. The van der Waals surface area contributed by atoms with Gasteiger partial charge in [0, 0.05) is 69.0 Å². The molecule has 2 aliphatic rings. The summed E-state index contributed by atoms with van der Waals surface area (Å²) in [5.41, 5.74) is 0.940. The number of carbonyl (C=O) groups is 2. The van der Waals surface area contributed by atoms with Crippen LogP contribution in [0.1, 0.15) is 12.8 Å². The zero-order chi connectivity index (χ0) is 20.1. The Labute approximate surface area is 171 Å². The maximum atomic E-state index is 12.7. The van der Waals surface area contributed by atoms with Gasteiger partial charge >= 0.3 is 0 Å². The van der Waals surface area contributed by atoms with E-state index in [4.69, 9.17) is 0 Å². The van der Waals surface area contributed by atoms with E-state index in [1.54, 1.807) is 21.6 Å². The first-order valence-corrected chi connectivity index (χ1v) is 12.6. The predicted molar refractivity (Wildman–Crippen MR) is 111 cm³/mol. The smallest absolute Gasteiger partial charge is 0.227 e. The molecule has 0 spiro atoms. The maximum absolute atomic E-state index is 12.7. The number of nitrogens with zero attached hydrogens (tertiary/aromatic N) is 3. The molecule has 2 amide bonds. The van der Waals surface area contributed by atoms with Gasteiger partial charge in [-0.3, -0.25) is 14.5 Å². The molecule has 0 radical (unpaired) electrons. The highest BCUT2D eigenvalue weighted by Crippen LogP contribution is 2.34. The van der Waals surface area contributed by atoms with Crippen molar-refractivity contribution in [3.63, 3.8) is 0 Å². The summed E-state index contributed by atoms with van der Waals surface area (Å²) in [6.07, 6.45) is 1.67. The number of para-hydroxylation sites is 1. The van der Waals surface area contributed by atoms with E-state index < -0.39 is 9.84 Å². The van der Waals surface area contributed by atoms with Gasteiger partial charge in [-0.1, -0.05) is 12.1 Å². The minimum atomic E-state index is -2.97. The van der Waals surface area contributed by atoms with Gasteiger partial charge in [0.1, 0.15) is 9.84 Å². The zero-order valence-corrected chi connectivity index (χ0v) is 17.8. The topological polar surface area (TPSA) is 78.0 Å². The molecule has 1 aromatic rings. The zero-order valence-electron chi connectivity index (χ0n) is 16.2. The minimum Gasteiger partial charge on any atom is -0.340 e. The summed E-state index contributed by atoms with van der Waals surface area (Å²) >= 11 is 1.75. The molecule has 0 unspecified atom stereocenters. The van der Waals surface area contributed by atoms with Crippen molar-refractivity contribution in [3.8, 4) is 0 Å². The van der Waals surface area contributed by atoms with Crippen LogP contribution in [-0.2, 0) is 19.4 Å². The van der Waals surface area contributed by atoms with Crippen LogP contribution in [0.4, 0.5) is 5.69 Å². The Kier molecular flexibility index (Phi) is 7.00. The van der Waals surface area contributed by atoms with E-state index in [1.807, 2.05) is 24.3 Å². The van der Waals surface area contributed by atoms with Crippen molar-refractivity contribution in [1.82, 2.24) is 9.80 Å². The van der Waals surface area contributed by atoms with E-state index in [2.05, 4.69) is 4.90 Å². The average Bonchev–Trinajstić information content (AvgIpc) is 2.69. The molecule has 1 aromatic carbocycles. The lowest BCUT2D eigenvalue weighted by atomic mass is 10.2. The number of benzene rings is 1. The van der Waals surface area contributed by atoms with Gasteiger partial charge < -0.3 is 9.80 Å². The van der Waals surface area contributed by atoms with Crippen LogP contribution in [0.3, 0.4) is 0 Å². The summed E-state index contributed by atoms with van der Waals surface area (Å²) in [6.45, 7) is 3.69. The number of thioether (sulfide) groups is 1. The fourth-order valence-electron chi connectivity index (χ4n) is 3.45. The third-order valence-corrected chi connectivity index (χ3v) is 7.05. The van der Waals surface area contributed by atoms with Gasteiger partial charge in [-0.25, -0.2) is 8.42 Å². The molecule has 3 rings (SSSR count). The summed E-state index contributed by atoms with van der Waals surface area (Å²) in [5.74, 6) is 1.00. The second-order valence-electron chi connectivity index (χ2n) is 7.21. The predicted octanol–water partition coefficient (Wildman–Crippen LogP) is 1.09. The van der Waals surface area contributed by atoms with Crippen LogP contribution in [0.25, 0.3) is 0 Å². The first-order chi connectivity index (χ1) is 13.3. The quantitative estimate of drug-likeness (QED) is 0.679. The molecule has 28 heavy (non-hydrogen) atoms. The molecular weight excluding hydrogens is 398 g/mol. The second kappa shape index (κ2) is 9.28. The lowest BCUT2D eigenvalue weighted by Crippen LogP contribution is -2.49. The summed E-state index contributed by atoms with van der Waals surface area (Å²) in [4.78, 5) is 31.9. The van der Waals surface area contributed by atoms with E-state index in [0.29, 0.717) is 39.3 Å². The number of carbonyl (C=O) groups excluding carboxylic acids is 2. The third kappa shape index (κ3) is 5.71. The minimum absolute atomic E-state index is 0.00390. The van der Waals surface area contributed by atoms with Crippen molar-refractivity contribution < 1.29 is 18.0 Å². The van der Waals surface area contributed by atoms with E-state index in [0.717, 1.165) is 16.3 Å². The van der Waals surface area contributed by atoms with Gasteiger partial charge in [-0.15, -0.1) is 11.8 Å². The fraction of sp³-hybridized carbons (Fsp3) is 0.579. The Morgan fingerprint density at radius 3 is 2.39 bits per heavy atom. The van der Waals surface area contributed by atoms with E-state index in [-0.39, 0.29) is 30.4 Å². The van der Waals surface area contributed by atoms with Gasteiger partial charge in [0.15, 0.2) is 0 Å². The standard InChI is InChI=1S/C19H27N3O4S2/c1-28(25,26)15-13-20-8-10-21(11-9-20)18(23)6-7-19(24)22-12-14-27-17-5-3-2-4-16(17)22/h2-5H,6-15H2,1H3. The van der Waals surface area contributed by atoms with Crippen LogP contribution < -0.4 is 4.90 Å². The van der Waals surface area contributed by atoms with E-state index in [1.165, 1.54) is 6.26 Å². The van der Waals surface area contributed by atoms with Crippen molar-refractivity contribution in [3.05, 3.63) is 24.3 Å². The number of rotatable bonds is 6. The van der Waals surface area contributed by atoms with Gasteiger partial charge in [-0.05, 0) is 12.1 Å². The summed E-state index contributed by atoms with van der Waals surface area (Å²) < 4.78 is 22.5. The lowest BCUT2D eigenvalue weighted by molar-refractivity contribution is -0.134. The first kappa shape index (κ1) is 21.1. The Bertz CT molecular complexity index is 820. The van der Waals surface area contributed by atoms with Crippen molar-refractivity contribution in [2.24, 2.45) is 0 Å². The Morgan fingerprint density at radius 1 is 1.00 bits per heavy atom. The molecule has 0 atom stereocenters. The number of fused-ring (bicyclic) bond motifs is 1. The van der Waals surface area contributed by atoms with Gasteiger partial charge in [0.25, 0.3) is 0 Å². The fourth-order valence-corrected chi connectivity index (χ4v) is 5.04. The molecule has 0 saturated carbocycles. The molecule has 154 valence electrons. The molecule has 0 aliphatic carbocycles. The summed E-state index contributed by atoms with van der Waals surface area (Å²) in [6, 6.07) is 7.88. The highest BCUT2D eigenvalue weighted by Gasteiger charge is 2.25. The molecule has 2 aliphatic heterocycles. The third-order valence-electron chi connectivity index (χ3n) is 5.09. The molecule has 1 saturated heterocycles. The SMILES string of the molecule is CS(=O)(=O)CCN1CCN(C(=O)CCC(=O)N2CCSc3ccccc32)CC1. The lowest BCUT2D eigenvalue weighted by Gasteiger charge is -2.35. The monoisotopic (exact) mass is 425 g/mol. The summed E-state index contributed by atoms with van der Waals surface area (Å²) in [7, 11) is -2.97. The average molecular weight is 426 g/mol. The molecule has 0 bridgehead atoms. The van der Waals surface area contributed by atoms with Crippen molar-refractivity contribution in [2.75, 3.05) is 61.9 Å². The van der Waals surface area contributed by atoms with Crippen molar-refractivity contribution in [2.45, 2.75) is 17.7 Å². The van der Waals surface area contributed by atoms with Gasteiger partial charge in [-0.2, -0.15) is 0 Å². The van der Waals surface area contributed by atoms with Gasteiger partial charge in [0.2, 0.25) is 11.8 Å². The first-order valence-electron chi connectivity index (χ1n) is 9.53. The molecule has 1 fully saturated rings. The normalized spacial score (nSPS) is 18.0. The number of anilines is 1. The number of piperazine rings is 1. The molecule has 2 heterocycles. The Balaban J connectivity index is 1.45. The molecule has 0 N–H and O–H groups in total. The van der Waals surface area contributed by atoms with Crippen molar-refractivity contribution in [1.29, 1.82) is 0 Å². The van der Waals surface area contributed by atoms with Crippen LogP contribution in [0.5, 0.6) is 0 Å². The highest BCUT2D eigenvalue weighted by atomic mass is 32.2. The van der Waals surface area contributed by atoms with Crippen LogP contribution >= 0.6 is 11.8 Å².